The fraction of sp³-hybridized carbons (Fsp3) is 0.143. The van der Waals surface area contributed by atoms with Gasteiger partial charge in [-0.3, -0.25) is 4.18 Å². The van der Waals surface area contributed by atoms with Gasteiger partial charge < -0.3 is 10.2 Å². The highest BCUT2D eigenvalue weighted by Gasteiger charge is 2.40. The monoisotopic (exact) mass is 262 g/mol. The SMILES string of the molecule is OC(OS)C(O)(c1ccccc1)c1ccccc1. The highest BCUT2D eigenvalue weighted by atomic mass is 32.1. The summed E-state index contributed by atoms with van der Waals surface area (Å²) in [6.45, 7) is 0. The Morgan fingerprint density at radius 2 is 1.28 bits per heavy atom. The summed E-state index contributed by atoms with van der Waals surface area (Å²) in [4.78, 5) is 0. The average molecular weight is 262 g/mol. The fourth-order valence-electron chi connectivity index (χ4n) is 1.91. The van der Waals surface area contributed by atoms with E-state index in [9.17, 15) is 10.2 Å². The first-order valence-corrected chi connectivity index (χ1v) is 5.88. The summed E-state index contributed by atoms with van der Waals surface area (Å²) in [6.07, 6.45) is -1.47. The van der Waals surface area contributed by atoms with Crippen molar-refractivity contribution in [1.29, 1.82) is 0 Å². The Morgan fingerprint density at radius 3 is 1.61 bits per heavy atom. The molecule has 0 aliphatic rings. The second kappa shape index (κ2) is 5.54. The lowest BCUT2D eigenvalue weighted by Crippen LogP contribution is -2.41. The lowest BCUT2D eigenvalue weighted by molar-refractivity contribution is -0.143. The van der Waals surface area contributed by atoms with Crippen molar-refractivity contribution in [3.05, 3.63) is 71.8 Å². The molecule has 18 heavy (non-hydrogen) atoms. The zero-order valence-electron chi connectivity index (χ0n) is 9.60. The second-order valence-electron chi connectivity index (χ2n) is 3.96. The van der Waals surface area contributed by atoms with Crippen LogP contribution in [0.3, 0.4) is 0 Å². The molecule has 0 fully saturated rings. The van der Waals surface area contributed by atoms with Crippen molar-refractivity contribution in [3.63, 3.8) is 0 Å². The molecule has 0 saturated carbocycles. The minimum Gasteiger partial charge on any atom is -0.375 e. The molecule has 1 atom stereocenters. The van der Waals surface area contributed by atoms with Crippen molar-refractivity contribution in [2.24, 2.45) is 0 Å². The number of thiol groups is 1. The highest BCUT2D eigenvalue weighted by molar-refractivity contribution is 7.75. The maximum atomic E-state index is 10.8. The number of aliphatic hydroxyl groups excluding tert-OH is 1. The van der Waals surface area contributed by atoms with E-state index in [4.69, 9.17) is 0 Å². The van der Waals surface area contributed by atoms with E-state index in [1.54, 1.807) is 48.5 Å². The van der Waals surface area contributed by atoms with Crippen LogP contribution in [-0.2, 0) is 9.78 Å². The van der Waals surface area contributed by atoms with Crippen LogP contribution in [0.25, 0.3) is 0 Å². The van der Waals surface area contributed by atoms with Gasteiger partial charge in [-0.25, -0.2) is 0 Å². The molecule has 0 bridgehead atoms. The molecule has 4 heteroatoms. The Hall–Kier alpha value is -1.33. The van der Waals surface area contributed by atoms with Crippen molar-refractivity contribution in [2.45, 2.75) is 11.9 Å². The molecule has 0 heterocycles. The average Bonchev–Trinajstić information content (AvgIpc) is 2.47. The molecule has 2 rings (SSSR count). The summed E-state index contributed by atoms with van der Waals surface area (Å²) < 4.78 is 4.62. The van der Waals surface area contributed by atoms with Gasteiger partial charge in [0.25, 0.3) is 0 Å². The molecule has 0 spiro atoms. The molecule has 0 saturated heterocycles. The van der Waals surface area contributed by atoms with E-state index in [1.165, 1.54) is 0 Å². The Kier molecular flexibility index (Phi) is 4.04. The second-order valence-corrected chi connectivity index (χ2v) is 4.17. The maximum absolute atomic E-state index is 10.8. The standard InChI is InChI=1S/C14H14O3S/c15-13(17-18)14(16,11-7-3-1-4-8-11)12-9-5-2-6-10-12/h1-10,13,15-16,18H. The van der Waals surface area contributed by atoms with Gasteiger partial charge in [0.05, 0.1) is 0 Å². The van der Waals surface area contributed by atoms with E-state index in [2.05, 4.69) is 17.1 Å². The predicted molar refractivity (Wildman–Crippen MR) is 72.0 cm³/mol. The first-order valence-electron chi connectivity index (χ1n) is 5.51. The largest absolute Gasteiger partial charge is 0.375 e. The summed E-state index contributed by atoms with van der Waals surface area (Å²) in [5.74, 6) is 0. The summed E-state index contributed by atoms with van der Waals surface area (Å²) in [5, 5.41) is 20.7. The molecule has 2 aromatic carbocycles. The van der Waals surface area contributed by atoms with E-state index in [1.807, 2.05) is 12.1 Å². The molecular formula is C14H14O3S. The molecule has 0 aliphatic heterocycles. The minimum atomic E-state index is -1.65. The van der Waals surface area contributed by atoms with Crippen LogP contribution in [0.15, 0.2) is 60.7 Å². The van der Waals surface area contributed by atoms with E-state index >= 15 is 0 Å². The van der Waals surface area contributed by atoms with E-state index in [0.717, 1.165) is 0 Å². The predicted octanol–water partition coefficient (Wildman–Crippen LogP) is 2.10. The van der Waals surface area contributed by atoms with Crippen molar-refractivity contribution in [1.82, 2.24) is 0 Å². The Labute approximate surface area is 111 Å². The van der Waals surface area contributed by atoms with Crippen LogP contribution in [-0.4, -0.2) is 16.5 Å². The van der Waals surface area contributed by atoms with Crippen LogP contribution < -0.4 is 0 Å². The third-order valence-electron chi connectivity index (χ3n) is 2.89. The van der Waals surface area contributed by atoms with E-state index < -0.39 is 11.9 Å². The molecule has 94 valence electrons. The minimum absolute atomic E-state index is 0.540. The van der Waals surface area contributed by atoms with Crippen LogP contribution in [0, 0.1) is 0 Å². The topological polar surface area (TPSA) is 49.7 Å². The summed E-state index contributed by atoms with van der Waals surface area (Å²) in [7, 11) is 0. The molecule has 0 radical (unpaired) electrons. The number of benzene rings is 2. The summed E-state index contributed by atoms with van der Waals surface area (Å²) in [5.41, 5.74) is -0.569. The van der Waals surface area contributed by atoms with Crippen LogP contribution >= 0.6 is 12.9 Å². The van der Waals surface area contributed by atoms with Gasteiger partial charge in [-0.05, 0) is 24.0 Å². The first kappa shape index (κ1) is 13.1. The van der Waals surface area contributed by atoms with Gasteiger partial charge in [0.15, 0.2) is 5.60 Å². The zero-order valence-corrected chi connectivity index (χ0v) is 10.5. The van der Waals surface area contributed by atoms with Gasteiger partial charge in [0.2, 0.25) is 6.29 Å². The number of rotatable bonds is 4. The molecular weight excluding hydrogens is 248 g/mol. The van der Waals surface area contributed by atoms with Crippen LogP contribution in [0.2, 0.25) is 0 Å². The first-order chi connectivity index (χ1) is 8.69. The molecule has 0 aromatic heterocycles. The third kappa shape index (κ3) is 2.28. The fourth-order valence-corrected chi connectivity index (χ4v) is 2.07. The smallest absolute Gasteiger partial charge is 0.205 e. The van der Waals surface area contributed by atoms with Gasteiger partial charge in [-0.2, -0.15) is 0 Å². The van der Waals surface area contributed by atoms with Crippen LogP contribution in [0.4, 0.5) is 0 Å². The third-order valence-corrected chi connectivity index (χ3v) is 3.08. The molecule has 2 N–H and O–H groups in total. The van der Waals surface area contributed by atoms with Gasteiger partial charge in [0.1, 0.15) is 0 Å². The normalized spacial score (nSPS) is 13.3. The zero-order chi connectivity index (χ0) is 13.0. The van der Waals surface area contributed by atoms with E-state index in [-0.39, 0.29) is 0 Å². The lowest BCUT2D eigenvalue weighted by Gasteiger charge is -2.32. The lowest BCUT2D eigenvalue weighted by atomic mass is 9.86. The Morgan fingerprint density at radius 1 is 0.889 bits per heavy atom. The molecule has 3 nitrogen and oxygen atoms in total. The van der Waals surface area contributed by atoms with Gasteiger partial charge in [-0.1, -0.05) is 60.7 Å². The quantitative estimate of drug-likeness (QED) is 0.449. The Balaban J connectivity index is 2.55. The highest BCUT2D eigenvalue weighted by Crippen LogP contribution is 2.33. The maximum Gasteiger partial charge on any atom is 0.205 e. The van der Waals surface area contributed by atoms with Gasteiger partial charge >= 0.3 is 0 Å². The molecule has 0 aliphatic carbocycles. The number of aliphatic hydroxyl groups is 2. The van der Waals surface area contributed by atoms with Crippen molar-refractivity contribution in [2.75, 3.05) is 0 Å². The van der Waals surface area contributed by atoms with Crippen molar-refractivity contribution >= 4 is 12.9 Å². The number of hydrogen-bond donors (Lipinski definition) is 3. The van der Waals surface area contributed by atoms with Crippen molar-refractivity contribution in [3.8, 4) is 0 Å². The van der Waals surface area contributed by atoms with Gasteiger partial charge in [0, 0.05) is 0 Å². The van der Waals surface area contributed by atoms with Gasteiger partial charge in [-0.15, -0.1) is 0 Å². The number of hydrogen-bond acceptors (Lipinski definition) is 4. The van der Waals surface area contributed by atoms with Crippen LogP contribution in [0.5, 0.6) is 0 Å². The van der Waals surface area contributed by atoms with Crippen LogP contribution in [0.1, 0.15) is 11.1 Å². The molecule has 1 unspecified atom stereocenters. The molecule has 0 amide bonds. The summed E-state index contributed by atoms with van der Waals surface area (Å²) >= 11 is 3.60. The van der Waals surface area contributed by atoms with Crippen molar-refractivity contribution < 1.29 is 14.4 Å². The Bertz CT molecular complexity index is 447. The molecule has 2 aromatic rings. The van der Waals surface area contributed by atoms with E-state index in [0.29, 0.717) is 11.1 Å². The summed E-state index contributed by atoms with van der Waals surface area (Å²) in [6, 6.07) is 17.7.